The number of sulfonamides is 1. The first-order chi connectivity index (χ1) is 12.0. The summed E-state index contributed by atoms with van der Waals surface area (Å²) in [5, 5.41) is 0. The van der Waals surface area contributed by atoms with Crippen molar-refractivity contribution in [3.8, 4) is 0 Å². The molecule has 3 rings (SSSR count). The quantitative estimate of drug-likeness (QED) is 0.790. The Morgan fingerprint density at radius 2 is 1.58 bits per heavy atom. The molecule has 0 unspecified atom stereocenters. The Kier molecular flexibility index (Phi) is 4.82. The molecule has 2 saturated heterocycles. The van der Waals surface area contributed by atoms with Crippen LogP contribution in [0.3, 0.4) is 0 Å². The van der Waals surface area contributed by atoms with Crippen molar-refractivity contribution in [3.63, 3.8) is 0 Å². The van der Waals surface area contributed by atoms with Gasteiger partial charge in [-0.1, -0.05) is 17.7 Å². The van der Waals surface area contributed by atoms with Gasteiger partial charge in [-0.05, 0) is 59.1 Å². The number of amides is 1. The fraction of sp³-hybridized carbons (Fsp3) is 0.632. The lowest BCUT2D eigenvalue weighted by atomic mass is 9.79. The zero-order chi connectivity index (χ0) is 19.2. The molecule has 2 heterocycles. The average molecular weight is 381 g/mol. The Bertz CT molecular complexity index is 773. The smallest absolute Gasteiger partial charge is 0.410 e. The number of nitrogens with zero attached hydrogens (tertiary/aromatic N) is 2. The highest BCUT2D eigenvalue weighted by atomic mass is 32.2. The van der Waals surface area contributed by atoms with E-state index in [-0.39, 0.29) is 11.6 Å². The van der Waals surface area contributed by atoms with Gasteiger partial charge in [0.1, 0.15) is 5.60 Å². The third kappa shape index (κ3) is 3.60. The zero-order valence-corrected chi connectivity index (χ0v) is 16.8. The van der Waals surface area contributed by atoms with Crippen LogP contribution < -0.4 is 0 Å². The molecule has 6 nitrogen and oxygen atoms in total. The first kappa shape index (κ1) is 19.2. The van der Waals surface area contributed by atoms with Crippen molar-refractivity contribution < 1.29 is 17.9 Å². The summed E-state index contributed by atoms with van der Waals surface area (Å²) in [6, 6.07) is 6.99. The number of benzene rings is 1. The highest BCUT2D eigenvalue weighted by molar-refractivity contribution is 7.89. The van der Waals surface area contributed by atoms with E-state index in [1.807, 2.05) is 39.8 Å². The van der Waals surface area contributed by atoms with Crippen LogP contribution in [-0.4, -0.2) is 54.5 Å². The summed E-state index contributed by atoms with van der Waals surface area (Å²) >= 11 is 0. The van der Waals surface area contributed by atoms with Crippen molar-refractivity contribution >= 4 is 16.1 Å². The van der Waals surface area contributed by atoms with Crippen molar-refractivity contribution in [1.29, 1.82) is 0 Å². The molecular formula is C19H28N2O4S. The summed E-state index contributed by atoms with van der Waals surface area (Å²) in [4.78, 5) is 14.3. The van der Waals surface area contributed by atoms with E-state index in [1.54, 1.807) is 21.3 Å². The molecule has 0 radical (unpaired) electrons. The number of likely N-dealkylation sites (tertiary alicyclic amines) is 1. The number of ether oxygens (including phenoxy) is 1. The summed E-state index contributed by atoms with van der Waals surface area (Å²) in [5.74, 6) is 0. The number of rotatable bonds is 2. The SMILES string of the molecule is Cc1ccc(S(=O)(=O)N2CCC23CCN(C(=O)OC(C)(C)C)CC3)cc1. The van der Waals surface area contributed by atoms with E-state index in [0.29, 0.717) is 37.4 Å². The monoisotopic (exact) mass is 380 g/mol. The number of aryl methyl sites for hydroxylation is 1. The summed E-state index contributed by atoms with van der Waals surface area (Å²) < 4.78 is 33.1. The number of piperidine rings is 1. The molecule has 2 fully saturated rings. The average Bonchev–Trinajstić information content (AvgIpc) is 2.52. The fourth-order valence-corrected chi connectivity index (χ4v) is 5.51. The minimum atomic E-state index is -3.49. The van der Waals surface area contributed by atoms with E-state index >= 15 is 0 Å². The van der Waals surface area contributed by atoms with Crippen molar-refractivity contribution in [1.82, 2.24) is 9.21 Å². The van der Waals surface area contributed by atoms with Gasteiger partial charge >= 0.3 is 6.09 Å². The van der Waals surface area contributed by atoms with Gasteiger partial charge < -0.3 is 9.64 Å². The highest BCUT2D eigenvalue weighted by Gasteiger charge is 2.52. The van der Waals surface area contributed by atoms with Crippen LogP contribution in [0.5, 0.6) is 0 Å². The summed E-state index contributed by atoms with van der Waals surface area (Å²) in [6.45, 7) is 9.06. The third-order valence-corrected chi connectivity index (χ3v) is 7.28. The topological polar surface area (TPSA) is 66.9 Å². The number of hydrogen-bond donors (Lipinski definition) is 0. The summed E-state index contributed by atoms with van der Waals surface area (Å²) in [6.07, 6.45) is 1.83. The molecule has 2 aliphatic rings. The maximum Gasteiger partial charge on any atom is 0.410 e. The molecule has 1 aromatic carbocycles. The van der Waals surface area contributed by atoms with Crippen molar-refractivity contribution in [2.24, 2.45) is 0 Å². The van der Waals surface area contributed by atoms with Gasteiger partial charge in [0.25, 0.3) is 0 Å². The maximum atomic E-state index is 13.0. The van der Waals surface area contributed by atoms with Gasteiger partial charge in [0, 0.05) is 25.2 Å². The number of hydrogen-bond acceptors (Lipinski definition) is 4. The van der Waals surface area contributed by atoms with Crippen molar-refractivity contribution in [2.45, 2.75) is 63.0 Å². The molecule has 1 aromatic rings. The van der Waals surface area contributed by atoms with Crippen LogP contribution in [0.15, 0.2) is 29.2 Å². The molecule has 0 aliphatic carbocycles. The zero-order valence-electron chi connectivity index (χ0n) is 16.0. The molecule has 2 aliphatic heterocycles. The number of carbonyl (C=O) groups is 1. The van der Waals surface area contributed by atoms with Gasteiger partial charge in [0.2, 0.25) is 10.0 Å². The van der Waals surface area contributed by atoms with E-state index in [9.17, 15) is 13.2 Å². The first-order valence-electron chi connectivity index (χ1n) is 9.11. The van der Waals surface area contributed by atoms with E-state index in [4.69, 9.17) is 4.74 Å². The molecule has 0 bridgehead atoms. The minimum Gasteiger partial charge on any atom is -0.444 e. The Hall–Kier alpha value is -1.60. The predicted molar refractivity (Wildman–Crippen MR) is 99.5 cm³/mol. The van der Waals surface area contributed by atoms with Crippen LogP contribution in [0.4, 0.5) is 4.79 Å². The second-order valence-electron chi connectivity index (χ2n) is 8.33. The molecule has 1 spiro atoms. The molecule has 26 heavy (non-hydrogen) atoms. The molecular weight excluding hydrogens is 352 g/mol. The normalized spacial score (nSPS) is 20.7. The van der Waals surface area contributed by atoms with Gasteiger partial charge in [-0.15, -0.1) is 0 Å². The van der Waals surface area contributed by atoms with Crippen molar-refractivity contribution in [3.05, 3.63) is 29.8 Å². The van der Waals surface area contributed by atoms with Crippen LogP contribution in [-0.2, 0) is 14.8 Å². The van der Waals surface area contributed by atoms with Gasteiger partial charge in [-0.2, -0.15) is 4.31 Å². The Labute approximate surface area is 156 Å². The highest BCUT2D eigenvalue weighted by Crippen LogP contribution is 2.43. The van der Waals surface area contributed by atoms with Crippen LogP contribution in [0.25, 0.3) is 0 Å². The van der Waals surface area contributed by atoms with E-state index in [1.165, 1.54) is 0 Å². The van der Waals surface area contributed by atoms with Gasteiger partial charge in [0.05, 0.1) is 4.90 Å². The molecule has 0 atom stereocenters. The fourth-order valence-electron chi connectivity index (χ4n) is 3.66. The number of carbonyl (C=O) groups excluding carboxylic acids is 1. The maximum absolute atomic E-state index is 13.0. The molecule has 144 valence electrons. The molecule has 1 amide bonds. The molecule has 7 heteroatoms. The standard InChI is InChI=1S/C19H28N2O4S/c1-15-5-7-16(8-6-15)26(23,24)21-14-11-19(21)9-12-20(13-10-19)17(22)25-18(2,3)4/h5-8H,9-14H2,1-4H3. The first-order valence-corrected chi connectivity index (χ1v) is 10.6. The van der Waals surface area contributed by atoms with E-state index in [0.717, 1.165) is 12.0 Å². The predicted octanol–water partition coefficient (Wildman–Crippen LogP) is 3.16. The van der Waals surface area contributed by atoms with Crippen LogP contribution in [0, 0.1) is 6.92 Å². The van der Waals surface area contributed by atoms with Crippen molar-refractivity contribution in [2.75, 3.05) is 19.6 Å². The largest absolute Gasteiger partial charge is 0.444 e. The third-order valence-electron chi connectivity index (χ3n) is 5.26. The second-order valence-corrected chi connectivity index (χ2v) is 10.2. The van der Waals surface area contributed by atoms with Crippen LogP contribution in [0.2, 0.25) is 0 Å². The Morgan fingerprint density at radius 1 is 1.04 bits per heavy atom. The summed E-state index contributed by atoms with van der Waals surface area (Å²) in [5.41, 5.74) is 0.152. The lowest BCUT2D eigenvalue weighted by Crippen LogP contribution is -2.66. The van der Waals surface area contributed by atoms with E-state index in [2.05, 4.69) is 0 Å². The van der Waals surface area contributed by atoms with Gasteiger partial charge in [-0.3, -0.25) is 0 Å². The van der Waals surface area contributed by atoms with Gasteiger partial charge in [0.15, 0.2) is 0 Å². The molecule has 0 N–H and O–H groups in total. The Morgan fingerprint density at radius 3 is 2.04 bits per heavy atom. The molecule has 0 saturated carbocycles. The van der Waals surface area contributed by atoms with Crippen LogP contribution >= 0.6 is 0 Å². The lowest BCUT2D eigenvalue weighted by molar-refractivity contribution is -0.0157. The Balaban J connectivity index is 1.69. The second kappa shape index (κ2) is 6.53. The minimum absolute atomic E-state index is 0.320. The van der Waals surface area contributed by atoms with Gasteiger partial charge in [-0.25, -0.2) is 13.2 Å². The molecule has 0 aromatic heterocycles. The van der Waals surface area contributed by atoms with E-state index < -0.39 is 15.6 Å². The lowest BCUT2D eigenvalue weighted by Gasteiger charge is -2.55. The summed E-state index contributed by atoms with van der Waals surface area (Å²) in [7, 11) is -3.49. The van der Waals surface area contributed by atoms with Crippen LogP contribution in [0.1, 0.15) is 45.6 Å².